The Labute approximate surface area is 145 Å². The highest BCUT2D eigenvalue weighted by molar-refractivity contribution is 6.30. The number of aromatic nitrogens is 1. The van der Waals surface area contributed by atoms with E-state index in [1.807, 2.05) is 30.5 Å². The summed E-state index contributed by atoms with van der Waals surface area (Å²) in [6.45, 7) is 3.14. The molecule has 1 amide bonds. The smallest absolute Gasteiger partial charge is 0.229 e. The van der Waals surface area contributed by atoms with E-state index >= 15 is 0 Å². The van der Waals surface area contributed by atoms with E-state index in [4.69, 9.17) is 21.1 Å². The lowest BCUT2D eigenvalue weighted by atomic mass is 10.2. The van der Waals surface area contributed by atoms with Gasteiger partial charge < -0.3 is 14.0 Å². The van der Waals surface area contributed by atoms with Gasteiger partial charge in [0.25, 0.3) is 0 Å². The molecule has 0 aliphatic carbocycles. The van der Waals surface area contributed by atoms with Crippen LogP contribution in [0.5, 0.6) is 5.75 Å². The number of hydrogen-bond acceptors (Lipinski definition) is 4. The summed E-state index contributed by atoms with van der Waals surface area (Å²) >= 11 is 6.04. The van der Waals surface area contributed by atoms with E-state index in [0.29, 0.717) is 29.6 Å². The van der Waals surface area contributed by atoms with E-state index < -0.39 is 0 Å². The van der Waals surface area contributed by atoms with Gasteiger partial charge in [-0.2, -0.15) is 5.10 Å². The molecule has 24 heavy (non-hydrogen) atoms. The van der Waals surface area contributed by atoms with Gasteiger partial charge in [-0.05, 0) is 31.2 Å². The molecule has 1 aromatic heterocycles. The van der Waals surface area contributed by atoms with Crippen LogP contribution in [0.1, 0.15) is 6.92 Å². The van der Waals surface area contributed by atoms with Crippen LogP contribution in [-0.2, 0) is 16.1 Å². The van der Waals surface area contributed by atoms with Gasteiger partial charge in [-0.25, -0.2) is 5.01 Å². The molecule has 0 saturated carbocycles. The van der Waals surface area contributed by atoms with Crippen molar-refractivity contribution in [2.45, 2.75) is 13.5 Å². The zero-order valence-electron chi connectivity index (χ0n) is 13.9. The zero-order chi connectivity index (χ0) is 17.5. The third-order valence-corrected chi connectivity index (χ3v) is 3.54. The maximum Gasteiger partial charge on any atom is 0.229 e. The summed E-state index contributed by atoms with van der Waals surface area (Å²) in [6, 6.07) is 7.79. The van der Waals surface area contributed by atoms with Crippen LogP contribution in [0.4, 0.5) is 0 Å². The van der Waals surface area contributed by atoms with E-state index in [9.17, 15) is 4.79 Å². The maximum absolute atomic E-state index is 10.6. The van der Waals surface area contributed by atoms with E-state index in [-0.39, 0.29) is 0 Å². The fourth-order valence-corrected chi connectivity index (χ4v) is 2.20. The SMILES string of the molecule is COCCn1ccc2cc(OC(/C=N\N(C)C=O)=C(/C)Cl)ccc21. The van der Waals surface area contributed by atoms with Crippen molar-refractivity contribution < 1.29 is 14.3 Å². The molecule has 0 unspecified atom stereocenters. The van der Waals surface area contributed by atoms with Gasteiger partial charge in [-0.1, -0.05) is 11.6 Å². The largest absolute Gasteiger partial charge is 0.454 e. The highest BCUT2D eigenvalue weighted by Crippen LogP contribution is 2.24. The van der Waals surface area contributed by atoms with Gasteiger partial charge >= 0.3 is 0 Å². The second-order valence-corrected chi connectivity index (χ2v) is 5.71. The maximum atomic E-state index is 10.6. The van der Waals surface area contributed by atoms with Crippen LogP contribution < -0.4 is 4.74 Å². The van der Waals surface area contributed by atoms with Crippen molar-refractivity contribution in [2.75, 3.05) is 20.8 Å². The molecule has 0 aliphatic heterocycles. The Balaban J connectivity index is 2.21. The molecule has 128 valence electrons. The summed E-state index contributed by atoms with van der Waals surface area (Å²) in [5.74, 6) is 1.02. The Bertz CT molecular complexity index is 764. The number of halogens is 1. The van der Waals surface area contributed by atoms with Crippen molar-refractivity contribution >= 4 is 35.1 Å². The first-order valence-electron chi connectivity index (χ1n) is 7.39. The second-order valence-electron chi connectivity index (χ2n) is 5.15. The van der Waals surface area contributed by atoms with E-state index in [1.54, 1.807) is 14.0 Å². The highest BCUT2D eigenvalue weighted by Gasteiger charge is 2.06. The summed E-state index contributed by atoms with van der Waals surface area (Å²) in [5.41, 5.74) is 1.10. The first-order chi connectivity index (χ1) is 11.5. The lowest BCUT2D eigenvalue weighted by Gasteiger charge is -2.09. The minimum atomic E-state index is 0.378. The van der Waals surface area contributed by atoms with Gasteiger partial charge in [0.2, 0.25) is 6.41 Å². The number of benzene rings is 1. The van der Waals surface area contributed by atoms with Gasteiger partial charge in [0, 0.05) is 37.8 Å². The predicted molar refractivity (Wildman–Crippen MR) is 95.3 cm³/mol. The number of ether oxygens (including phenoxy) is 2. The van der Waals surface area contributed by atoms with Crippen LogP contribution in [0.3, 0.4) is 0 Å². The number of hydrazone groups is 1. The van der Waals surface area contributed by atoms with Gasteiger partial charge in [0.1, 0.15) is 5.75 Å². The fraction of sp³-hybridized carbons (Fsp3) is 0.294. The summed E-state index contributed by atoms with van der Waals surface area (Å²) in [6.07, 6.45) is 4.01. The number of methoxy groups -OCH3 is 1. The molecule has 0 N–H and O–H groups in total. The number of carbonyl (C=O) groups is 1. The van der Waals surface area contributed by atoms with Crippen molar-refractivity contribution in [1.29, 1.82) is 0 Å². The number of fused-ring (bicyclic) bond motifs is 1. The van der Waals surface area contributed by atoms with Gasteiger partial charge in [0.15, 0.2) is 5.76 Å². The van der Waals surface area contributed by atoms with Crippen molar-refractivity contribution in [3.05, 3.63) is 41.3 Å². The molecule has 0 bridgehead atoms. The standard InChI is InChI=1S/C17H20ClN3O3/c1-13(18)17(11-19-20(2)12-22)24-15-4-5-16-14(10-15)6-7-21(16)8-9-23-3/h4-7,10-12H,8-9H2,1-3H3/b17-13-,19-11-. The molecular formula is C17H20ClN3O3. The number of amides is 1. The van der Waals surface area contributed by atoms with Gasteiger partial charge in [-0.15, -0.1) is 0 Å². The zero-order valence-corrected chi connectivity index (χ0v) is 14.7. The number of hydrogen-bond donors (Lipinski definition) is 0. The summed E-state index contributed by atoms with van der Waals surface area (Å²) in [7, 11) is 3.21. The topological polar surface area (TPSA) is 56.1 Å². The van der Waals surface area contributed by atoms with E-state index in [1.165, 1.54) is 13.3 Å². The quantitative estimate of drug-likeness (QED) is 0.318. The van der Waals surface area contributed by atoms with Crippen LogP contribution in [0.2, 0.25) is 0 Å². The Kier molecular flexibility index (Phi) is 6.40. The monoisotopic (exact) mass is 349 g/mol. The number of nitrogens with zero attached hydrogens (tertiary/aromatic N) is 3. The normalized spacial score (nSPS) is 12.5. The molecule has 0 atom stereocenters. The van der Waals surface area contributed by atoms with Crippen molar-refractivity contribution in [1.82, 2.24) is 9.58 Å². The molecule has 2 rings (SSSR count). The highest BCUT2D eigenvalue weighted by atomic mass is 35.5. The average molecular weight is 350 g/mol. The van der Waals surface area contributed by atoms with Crippen molar-refractivity contribution in [2.24, 2.45) is 5.10 Å². The van der Waals surface area contributed by atoms with E-state index in [0.717, 1.165) is 22.5 Å². The first-order valence-corrected chi connectivity index (χ1v) is 7.77. The number of rotatable bonds is 8. The first kappa shape index (κ1) is 18.0. The number of carbonyl (C=O) groups excluding carboxylic acids is 1. The molecule has 1 aromatic carbocycles. The third kappa shape index (κ3) is 4.59. The van der Waals surface area contributed by atoms with Crippen LogP contribution in [0.25, 0.3) is 10.9 Å². The summed E-state index contributed by atoms with van der Waals surface area (Å²) < 4.78 is 13.0. The van der Waals surface area contributed by atoms with Gasteiger partial charge in [-0.3, -0.25) is 4.79 Å². The van der Waals surface area contributed by atoms with Crippen molar-refractivity contribution in [3.63, 3.8) is 0 Å². The Morgan fingerprint density at radius 1 is 1.42 bits per heavy atom. The molecule has 6 nitrogen and oxygen atoms in total. The molecule has 0 fully saturated rings. The molecule has 2 aromatic rings. The average Bonchev–Trinajstić information content (AvgIpc) is 2.98. The second kappa shape index (κ2) is 8.52. The Hall–Kier alpha value is -2.31. The Morgan fingerprint density at radius 2 is 2.21 bits per heavy atom. The number of allylic oxidation sites excluding steroid dienone is 2. The Morgan fingerprint density at radius 3 is 2.88 bits per heavy atom. The van der Waals surface area contributed by atoms with Crippen LogP contribution in [0.15, 0.2) is 46.4 Å². The molecule has 7 heteroatoms. The molecule has 0 saturated heterocycles. The summed E-state index contributed by atoms with van der Waals surface area (Å²) in [5, 5.41) is 6.54. The van der Waals surface area contributed by atoms with Crippen molar-refractivity contribution in [3.8, 4) is 5.75 Å². The lowest BCUT2D eigenvalue weighted by Crippen LogP contribution is -2.09. The minimum Gasteiger partial charge on any atom is -0.454 e. The molecule has 0 spiro atoms. The van der Waals surface area contributed by atoms with Crippen LogP contribution >= 0.6 is 11.6 Å². The fourth-order valence-electron chi connectivity index (χ4n) is 2.11. The lowest BCUT2D eigenvalue weighted by molar-refractivity contribution is -0.116. The molecule has 0 radical (unpaired) electrons. The molecule has 1 heterocycles. The minimum absolute atomic E-state index is 0.378. The molecule has 0 aliphatic rings. The predicted octanol–water partition coefficient (Wildman–Crippen LogP) is 3.21. The van der Waals surface area contributed by atoms with Crippen LogP contribution in [0, 0.1) is 0 Å². The summed E-state index contributed by atoms with van der Waals surface area (Å²) in [4.78, 5) is 10.6. The van der Waals surface area contributed by atoms with E-state index in [2.05, 4.69) is 9.67 Å². The third-order valence-electron chi connectivity index (χ3n) is 3.36. The molecular weight excluding hydrogens is 330 g/mol. The van der Waals surface area contributed by atoms with Crippen LogP contribution in [-0.4, -0.2) is 43.0 Å². The van der Waals surface area contributed by atoms with Gasteiger partial charge in [0.05, 0.1) is 17.9 Å².